The molecule has 0 spiro atoms. The second-order valence-corrected chi connectivity index (χ2v) is 7.06. The maximum atomic E-state index is 5.96. The zero-order valence-electron chi connectivity index (χ0n) is 13.0. The Morgan fingerprint density at radius 1 is 1.33 bits per heavy atom. The van der Waals surface area contributed by atoms with Crippen LogP contribution in [0.4, 0.5) is 0 Å². The Morgan fingerprint density at radius 2 is 2.10 bits per heavy atom. The largest absolute Gasteiger partial charge is 0.487 e. The third-order valence-electron chi connectivity index (χ3n) is 3.12. The SMILES string of the molecule is Cn1cncc1COc1ccc(Br)cc1CNC(C)(C)C. The fourth-order valence-electron chi connectivity index (χ4n) is 1.86. The minimum absolute atomic E-state index is 0.0711. The van der Waals surface area contributed by atoms with Crippen LogP contribution in [0.3, 0.4) is 0 Å². The summed E-state index contributed by atoms with van der Waals surface area (Å²) in [6.07, 6.45) is 3.61. The second-order valence-electron chi connectivity index (χ2n) is 6.14. The Hall–Kier alpha value is -1.33. The topological polar surface area (TPSA) is 39.1 Å². The van der Waals surface area contributed by atoms with Gasteiger partial charge in [-0.3, -0.25) is 0 Å². The van der Waals surface area contributed by atoms with Crippen LogP contribution < -0.4 is 10.1 Å². The molecule has 2 aromatic rings. The van der Waals surface area contributed by atoms with E-state index in [1.165, 1.54) is 0 Å². The van der Waals surface area contributed by atoms with Crippen LogP contribution in [0.2, 0.25) is 0 Å². The summed E-state index contributed by atoms with van der Waals surface area (Å²) < 4.78 is 8.98. The van der Waals surface area contributed by atoms with E-state index in [-0.39, 0.29) is 5.54 Å². The van der Waals surface area contributed by atoms with Gasteiger partial charge in [-0.2, -0.15) is 0 Å². The summed E-state index contributed by atoms with van der Waals surface area (Å²) in [5, 5.41) is 3.49. The average Bonchev–Trinajstić information content (AvgIpc) is 2.80. The van der Waals surface area contributed by atoms with Crippen molar-refractivity contribution < 1.29 is 4.74 Å². The third-order valence-corrected chi connectivity index (χ3v) is 3.62. The van der Waals surface area contributed by atoms with Crippen molar-refractivity contribution in [2.75, 3.05) is 0 Å². The summed E-state index contributed by atoms with van der Waals surface area (Å²) in [4.78, 5) is 4.10. The van der Waals surface area contributed by atoms with Crippen molar-refractivity contribution in [1.29, 1.82) is 0 Å². The van der Waals surface area contributed by atoms with Crippen molar-refractivity contribution >= 4 is 15.9 Å². The van der Waals surface area contributed by atoms with Gasteiger partial charge < -0.3 is 14.6 Å². The standard InChI is InChI=1S/C16H22BrN3O/c1-16(2,3)19-8-12-7-13(17)5-6-15(12)21-10-14-9-18-11-20(14)4/h5-7,9,11,19H,8,10H2,1-4H3. The van der Waals surface area contributed by atoms with Crippen LogP contribution in [0, 0.1) is 0 Å². The highest BCUT2D eigenvalue weighted by Gasteiger charge is 2.12. The number of nitrogens with one attached hydrogen (secondary N) is 1. The number of ether oxygens (including phenoxy) is 1. The van der Waals surface area contributed by atoms with E-state index in [1.54, 1.807) is 6.33 Å². The number of benzene rings is 1. The first-order valence-electron chi connectivity index (χ1n) is 6.96. The van der Waals surface area contributed by atoms with Crippen LogP contribution in [0.25, 0.3) is 0 Å². The van der Waals surface area contributed by atoms with Crippen molar-refractivity contribution in [2.45, 2.75) is 39.5 Å². The highest BCUT2D eigenvalue weighted by molar-refractivity contribution is 9.10. The molecule has 0 unspecified atom stereocenters. The first-order chi connectivity index (χ1) is 9.85. The third kappa shape index (κ3) is 4.86. The van der Waals surface area contributed by atoms with E-state index in [4.69, 9.17) is 4.74 Å². The number of nitrogens with zero attached hydrogens (tertiary/aromatic N) is 2. The number of halogens is 1. The lowest BCUT2D eigenvalue weighted by Crippen LogP contribution is -2.35. The van der Waals surface area contributed by atoms with Crippen LogP contribution in [0.15, 0.2) is 35.2 Å². The van der Waals surface area contributed by atoms with Gasteiger partial charge in [0.2, 0.25) is 0 Å². The van der Waals surface area contributed by atoms with Crippen molar-refractivity contribution in [2.24, 2.45) is 7.05 Å². The summed E-state index contributed by atoms with van der Waals surface area (Å²) in [6.45, 7) is 7.74. The predicted molar refractivity (Wildman–Crippen MR) is 88.3 cm³/mol. The fraction of sp³-hybridized carbons (Fsp3) is 0.438. The Bertz CT molecular complexity index is 602. The second kappa shape index (κ2) is 6.62. The monoisotopic (exact) mass is 351 g/mol. The highest BCUT2D eigenvalue weighted by atomic mass is 79.9. The summed E-state index contributed by atoms with van der Waals surface area (Å²) in [5.41, 5.74) is 2.26. The van der Waals surface area contributed by atoms with Gasteiger partial charge in [-0.1, -0.05) is 15.9 Å². The molecule has 5 heteroatoms. The van der Waals surface area contributed by atoms with Gasteiger partial charge in [0, 0.05) is 29.2 Å². The molecular weight excluding hydrogens is 330 g/mol. The molecule has 1 aromatic heterocycles. The van der Waals surface area contributed by atoms with Gasteiger partial charge >= 0.3 is 0 Å². The molecule has 0 saturated heterocycles. The minimum atomic E-state index is 0.0711. The molecule has 1 heterocycles. The number of rotatable bonds is 5. The Morgan fingerprint density at radius 3 is 2.71 bits per heavy atom. The number of hydrogen-bond acceptors (Lipinski definition) is 3. The Labute approximate surface area is 134 Å². The fourth-order valence-corrected chi connectivity index (χ4v) is 2.27. The summed E-state index contributed by atoms with van der Waals surface area (Å²) in [6, 6.07) is 6.09. The molecule has 4 nitrogen and oxygen atoms in total. The van der Waals surface area contributed by atoms with Gasteiger partial charge in [-0.25, -0.2) is 4.98 Å². The molecule has 0 bridgehead atoms. The normalized spacial score (nSPS) is 11.7. The molecule has 1 aromatic carbocycles. The van der Waals surface area contributed by atoms with E-state index < -0.39 is 0 Å². The average molecular weight is 352 g/mol. The van der Waals surface area contributed by atoms with Crippen LogP contribution in [0.5, 0.6) is 5.75 Å². The molecule has 0 radical (unpaired) electrons. The number of hydrogen-bond donors (Lipinski definition) is 1. The zero-order valence-corrected chi connectivity index (χ0v) is 14.6. The summed E-state index contributed by atoms with van der Waals surface area (Å²) >= 11 is 3.52. The van der Waals surface area contributed by atoms with E-state index in [9.17, 15) is 0 Å². The lowest BCUT2D eigenvalue weighted by molar-refractivity contribution is 0.291. The van der Waals surface area contributed by atoms with Crippen molar-refractivity contribution in [1.82, 2.24) is 14.9 Å². The van der Waals surface area contributed by atoms with Crippen LogP contribution in [-0.2, 0) is 20.2 Å². The maximum absolute atomic E-state index is 5.96. The lowest BCUT2D eigenvalue weighted by Gasteiger charge is -2.22. The van der Waals surface area contributed by atoms with E-state index in [2.05, 4.69) is 53.1 Å². The molecule has 114 valence electrons. The van der Waals surface area contributed by atoms with Crippen molar-refractivity contribution in [3.8, 4) is 5.75 Å². The maximum Gasteiger partial charge on any atom is 0.130 e. The molecule has 0 aliphatic heterocycles. The first kappa shape index (κ1) is 16.0. The minimum Gasteiger partial charge on any atom is -0.487 e. The Kier molecular flexibility index (Phi) is 5.06. The molecule has 0 fully saturated rings. The summed E-state index contributed by atoms with van der Waals surface area (Å²) in [7, 11) is 1.97. The van der Waals surface area contributed by atoms with Gasteiger partial charge in [0.05, 0.1) is 18.2 Å². The molecule has 0 aliphatic rings. The van der Waals surface area contributed by atoms with Gasteiger partial charge in [0.15, 0.2) is 0 Å². The first-order valence-corrected chi connectivity index (χ1v) is 7.76. The van der Waals surface area contributed by atoms with Gasteiger partial charge in [-0.05, 0) is 39.0 Å². The van der Waals surface area contributed by atoms with Crippen LogP contribution in [-0.4, -0.2) is 15.1 Å². The van der Waals surface area contributed by atoms with Gasteiger partial charge in [0.1, 0.15) is 12.4 Å². The van der Waals surface area contributed by atoms with Crippen molar-refractivity contribution in [3.05, 3.63) is 46.5 Å². The lowest BCUT2D eigenvalue weighted by atomic mass is 10.1. The zero-order chi connectivity index (χ0) is 15.5. The smallest absolute Gasteiger partial charge is 0.130 e. The quantitative estimate of drug-likeness (QED) is 0.893. The number of aryl methyl sites for hydroxylation is 1. The van der Waals surface area contributed by atoms with Gasteiger partial charge in [-0.15, -0.1) is 0 Å². The molecule has 21 heavy (non-hydrogen) atoms. The number of aromatic nitrogens is 2. The molecule has 0 atom stereocenters. The molecular formula is C16H22BrN3O. The molecule has 0 saturated carbocycles. The van der Waals surface area contributed by atoms with Crippen LogP contribution in [0.1, 0.15) is 32.0 Å². The highest BCUT2D eigenvalue weighted by Crippen LogP contribution is 2.24. The molecule has 1 N–H and O–H groups in total. The predicted octanol–water partition coefficient (Wildman–Crippen LogP) is 3.65. The molecule has 0 amide bonds. The van der Waals surface area contributed by atoms with Gasteiger partial charge in [0.25, 0.3) is 0 Å². The van der Waals surface area contributed by atoms with E-state index in [0.29, 0.717) is 6.61 Å². The van der Waals surface area contributed by atoms with E-state index >= 15 is 0 Å². The molecule has 0 aliphatic carbocycles. The number of imidazole rings is 1. The van der Waals surface area contributed by atoms with Crippen LogP contribution >= 0.6 is 15.9 Å². The Balaban J connectivity index is 2.09. The summed E-state index contributed by atoms with van der Waals surface area (Å²) in [5.74, 6) is 0.899. The van der Waals surface area contributed by atoms with Crippen molar-refractivity contribution in [3.63, 3.8) is 0 Å². The molecule has 2 rings (SSSR count). The van der Waals surface area contributed by atoms with E-state index in [1.807, 2.05) is 29.9 Å². The van der Waals surface area contributed by atoms with E-state index in [0.717, 1.165) is 28.0 Å².